The average Bonchev–Trinajstić information content (AvgIpc) is 3.53. The predicted molar refractivity (Wildman–Crippen MR) is 168 cm³/mol. The van der Waals surface area contributed by atoms with Gasteiger partial charge in [-0.3, -0.25) is 14.4 Å². The lowest BCUT2D eigenvalue weighted by Gasteiger charge is -2.41. The first-order valence-corrected chi connectivity index (χ1v) is 16.4. The second kappa shape index (κ2) is 13.0. The van der Waals surface area contributed by atoms with Crippen LogP contribution in [0.4, 0.5) is 0 Å². The van der Waals surface area contributed by atoms with Crippen molar-refractivity contribution in [3.05, 3.63) is 61.2 Å². The maximum atomic E-state index is 14.6. The summed E-state index contributed by atoms with van der Waals surface area (Å²) in [6.07, 6.45) is 4.60. The Bertz CT molecular complexity index is 1150. The largest absolute Gasteiger partial charge is 0.394 e. The lowest BCUT2D eigenvalue weighted by molar-refractivity contribution is -0.148. The molecule has 7 atom stereocenters. The number of hydrogen-bond donors (Lipinski definition) is 1. The second-order valence-electron chi connectivity index (χ2n) is 12.2. The van der Waals surface area contributed by atoms with E-state index in [1.807, 2.05) is 44.2 Å². The summed E-state index contributed by atoms with van der Waals surface area (Å²) in [5.41, 5.74) is 1.00. The minimum atomic E-state index is -0.770. The first-order chi connectivity index (χ1) is 19.5. The van der Waals surface area contributed by atoms with Crippen molar-refractivity contribution < 1.29 is 19.5 Å². The fraction of sp³-hybridized carbons (Fsp3) is 0.594. The molecule has 3 saturated heterocycles. The molecule has 1 aromatic rings. The summed E-state index contributed by atoms with van der Waals surface area (Å²) in [7, 11) is 0. The Kier molecular flexibility index (Phi) is 10.1. The monoisotopic (exact) mass is 645 g/mol. The van der Waals surface area contributed by atoms with Crippen LogP contribution in [0.2, 0.25) is 0 Å². The number of rotatable bonds is 13. The minimum absolute atomic E-state index is 0.0207. The van der Waals surface area contributed by atoms with Crippen molar-refractivity contribution in [3.63, 3.8) is 0 Å². The van der Waals surface area contributed by atoms with Gasteiger partial charge in [0.05, 0.1) is 29.2 Å². The molecule has 3 unspecified atom stereocenters. The summed E-state index contributed by atoms with van der Waals surface area (Å²) in [4.78, 5) is 48.7. The van der Waals surface area contributed by atoms with E-state index < -0.39 is 28.7 Å². The van der Waals surface area contributed by atoms with Crippen molar-refractivity contribution in [2.75, 3.05) is 19.7 Å². The van der Waals surface area contributed by atoms with Crippen molar-refractivity contribution in [1.29, 1.82) is 0 Å². The first kappa shape index (κ1) is 31.8. The maximum absolute atomic E-state index is 14.6. The molecule has 3 fully saturated rings. The van der Waals surface area contributed by atoms with Gasteiger partial charge in [-0.05, 0) is 38.2 Å². The number of aliphatic hydroxyl groups is 1. The number of benzene rings is 1. The number of thioether (sulfide) groups is 1. The number of carbonyl (C=O) groups is 3. The lowest BCUT2D eigenvalue weighted by atomic mass is 9.70. The van der Waals surface area contributed by atoms with E-state index in [0.717, 1.165) is 5.56 Å². The van der Waals surface area contributed by atoms with E-state index in [1.54, 1.807) is 38.6 Å². The van der Waals surface area contributed by atoms with Gasteiger partial charge in [0.1, 0.15) is 6.04 Å². The lowest BCUT2D eigenvalue weighted by Crippen LogP contribution is -2.59. The van der Waals surface area contributed by atoms with Gasteiger partial charge in [-0.25, -0.2) is 0 Å². The highest BCUT2D eigenvalue weighted by molar-refractivity contribution is 9.09. The normalized spacial score (nSPS) is 29.1. The van der Waals surface area contributed by atoms with Crippen LogP contribution in [0.15, 0.2) is 55.6 Å². The molecule has 0 radical (unpaired) electrons. The fourth-order valence-electron chi connectivity index (χ4n) is 7.10. The van der Waals surface area contributed by atoms with Gasteiger partial charge in [-0.2, -0.15) is 0 Å². The van der Waals surface area contributed by atoms with Crippen molar-refractivity contribution >= 4 is 45.4 Å². The van der Waals surface area contributed by atoms with Crippen molar-refractivity contribution in [2.45, 2.75) is 80.0 Å². The van der Waals surface area contributed by atoms with Crippen LogP contribution in [-0.2, 0) is 20.9 Å². The van der Waals surface area contributed by atoms with Crippen LogP contribution >= 0.6 is 27.7 Å². The summed E-state index contributed by atoms with van der Waals surface area (Å²) in [6.45, 7) is 16.7. The molecule has 3 heterocycles. The predicted octanol–water partition coefficient (Wildman–Crippen LogP) is 4.50. The molecule has 1 spiro atoms. The SMILES string of the molecule is C=CCN(Cc1ccccc1)C(=O)[C@H]1[C@H]2C(=O)N([C@@H](CO)CC(C)C)C(C(=O)N(CC=C)C(C)C)C23CC(Br)[C@@H]1S3. The molecule has 9 heteroatoms. The number of carbonyl (C=O) groups excluding carboxylic acids is 3. The maximum Gasteiger partial charge on any atom is 0.247 e. The highest BCUT2D eigenvalue weighted by Gasteiger charge is 2.76. The third-order valence-electron chi connectivity index (χ3n) is 8.70. The Morgan fingerprint density at radius 1 is 1.15 bits per heavy atom. The number of aliphatic hydroxyl groups excluding tert-OH is 1. The van der Waals surface area contributed by atoms with Crippen LogP contribution < -0.4 is 0 Å². The summed E-state index contributed by atoms with van der Waals surface area (Å²) >= 11 is 5.50. The molecule has 0 aromatic heterocycles. The van der Waals surface area contributed by atoms with Gasteiger partial charge in [-0.15, -0.1) is 24.9 Å². The van der Waals surface area contributed by atoms with Gasteiger partial charge in [0.2, 0.25) is 17.7 Å². The molecule has 0 saturated carbocycles. The van der Waals surface area contributed by atoms with Gasteiger partial charge in [-0.1, -0.05) is 72.3 Å². The third kappa shape index (κ3) is 5.78. The smallest absolute Gasteiger partial charge is 0.247 e. The van der Waals surface area contributed by atoms with Crippen molar-refractivity contribution in [3.8, 4) is 0 Å². The zero-order valence-electron chi connectivity index (χ0n) is 24.6. The topological polar surface area (TPSA) is 81.2 Å². The highest BCUT2D eigenvalue weighted by atomic mass is 79.9. The van der Waals surface area contributed by atoms with E-state index in [1.165, 1.54) is 0 Å². The van der Waals surface area contributed by atoms with E-state index in [4.69, 9.17) is 0 Å². The summed E-state index contributed by atoms with van der Waals surface area (Å²) in [5, 5.41) is 10.4. The highest BCUT2D eigenvalue weighted by Crippen LogP contribution is 2.68. The van der Waals surface area contributed by atoms with E-state index in [9.17, 15) is 19.5 Å². The summed E-state index contributed by atoms with van der Waals surface area (Å²) < 4.78 is -0.765. The molecule has 3 aliphatic heterocycles. The van der Waals surface area contributed by atoms with Gasteiger partial charge < -0.3 is 19.8 Å². The van der Waals surface area contributed by atoms with Crippen LogP contribution in [0.3, 0.4) is 0 Å². The molecule has 3 amide bonds. The quantitative estimate of drug-likeness (QED) is 0.252. The molecular formula is C32H44BrN3O4S. The Hall–Kier alpha value is -2.10. The Morgan fingerprint density at radius 3 is 2.37 bits per heavy atom. The molecule has 3 aliphatic rings. The number of amides is 3. The van der Waals surface area contributed by atoms with Crippen LogP contribution in [0.1, 0.15) is 46.1 Å². The summed E-state index contributed by atoms with van der Waals surface area (Å²) in [6, 6.07) is 8.45. The molecule has 7 nitrogen and oxygen atoms in total. The van der Waals surface area contributed by atoms with Crippen LogP contribution in [0, 0.1) is 17.8 Å². The Labute approximate surface area is 257 Å². The number of alkyl halides is 1. The van der Waals surface area contributed by atoms with E-state index in [-0.39, 0.29) is 46.4 Å². The third-order valence-corrected chi connectivity index (χ3v) is 11.9. The first-order valence-electron chi connectivity index (χ1n) is 14.6. The molecule has 224 valence electrons. The van der Waals surface area contributed by atoms with Crippen LogP contribution in [-0.4, -0.2) is 90.2 Å². The second-order valence-corrected chi connectivity index (χ2v) is 15.0. The average molecular weight is 647 g/mol. The zero-order chi connectivity index (χ0) is 30.1. The molecular weight excluding hydrogens is 602 g/mol. The molecule has 1 aromatic carbocycles. The van der Waals surface area contributed by atoms with Gasteiger partial charge in [0.25, 0.3) is 0 Å². The zero-order valence-corrected chi connectivity index (χ0v) is 27.0. The van der Waals surface area contributed by atoms with Crippen molar-refractivity contribution in [2.24, 2.45) is 17.8 Å². The van der Waals surface area contributed by atoms with E-state index in [0.29, 0.717) is 32.5 Å². The Balaban J connectivity index is 1.80. The minimum Gasteiger partial charge on any atom is -0.394 e. The molecule has 2 bridgehead atoms. The number of halogens is 1. The standard InChI is InChI=1S/C32H44BrN3O4S/c1-7-14-34(18-22-12-10-9-11-13-22)29(38)25-26-30(39)36(23(19-37)16-20(3)4)28(31(40)35(15-8-2)21(5)6)32(26)17-24(33)27(25)41-32/h7-13,20-21,23-28,37H,1-2,14-19H2,3-6H3/t23-,24?,25+,26+,27+,28?,32?/m1/s1. The number of fused-ring (bicyclic) bond motifs is 1. The molecule has 4 rings (SSSR count). The van der Waals surface area contributed by atoms with Crippen LogP contribution in [0.25, 0.3) is 0 Å². The van der Waals surface area contributed by atoms with E-state index in [2.05, 4.69) is 42.9 Å². The van der Waals surface area contributed by atoms with Crippen molar-refractivity contribution in [1.82, 2.24) is 14.7 Å². The number of hydrogen-bond acceptors (Lipinski definition) is 5. The number of likely N-dealkylation sites (tertiary alicyclic amines) is 1. The Morgan fingerprint density at radius 2 is 1.80 bits per heavy atom. The van der Waals surface area contributed by atoms with Gasteiger partial charge >= 0.3 is 0 Å². The fourth-order valence-corrected chi connectivity index (χ4v) is 10.7. The van der Waals surface area contributed by atoms with E-state index >= 15 is 0 Å². The molecule has 0 aliphatic carbocycles. The van der Waals surface area contributed by atoms with Gasteiger partial charge in [0.15, 0.2) is 0 Å². The summed E-state index contributed by atoms with van der Waals surface area (Å²) in [5.74, 6) is -1.42. The molecule has 1 N–H and O–H groups in total. The van der Waals surface area contributed by atoms with Gasteiger partial charge in [0, 0.05) is 35.8 Å². The molecule has 41 heavy (non-hydrogen) atoms. The number of nitrogens with zero attached hydrogens (tertiary/aromatic N) is 3. The van der Waals surface area contributed by atoms with Crippen LogP contribution in [0.5, 0.6) is 0 Å².